The van der Waals surface area contributed by atoms with Gasteiger partial charge in [-0.25, -0.2) is 4.79 Å². The number of amides is 1. The number of aromatic hydroxyl groups is 1. The van der Waals surface area contributed by atoms with E-state index in [1.54, 1.807) is 13.0 Å². The van der Waals surface area contributed by atoms with E-state index in [0.717, 1.165) is 0 Å². The summed E-state index contributed by atoms with van der Waals surface area (Å²) in [6, 6.07) is 4.48. The van der Waals surface area contributed by atoms with Crippen molar-refractivity contribution in [3.8, 4) is 5.75 Å². The van der Waals surface area contributed by atoms with Crippen molar-refractivity contribution in [2.45, 2.75) is 26.3 Å². The number of hydrogen-bond donors (Lipinski definition) is 2. The van der Waals surface area contributed by atoms with Crippen LogP contribution in [0, 0.1) is 0 Å². The summed E-state index contributed by atoms with van der Waals surface area (Å²) in [5, 5.41) is 19.0. The van der Waals surface area contributed by atoms with E-state index in [1.807, 2.05) is 0 Å². The number of aliphatic carboxylic acids is 1. The molecule has 0 aromatic heterocycles. The van der Waals surface area contributed by atoms with Crippen LogP contribution in [-0.2, 0) is 4.79 Å². The fourth-order valence-corrected chi connectivity index (χ4v) is 2.09. The number of benzene rings is 1. The average Bonchev–Trinajstić information content (AvgIpc) is 2.28. The average molecular weight is 330 g/mol. The van der Waals surface area contributed by atoms with E-state index in [9.17, 15) is 19.8 Å². The third-order valence-corrected chi connectivity index (χ3v) is 3.44. The molecule has 0 unspecified atom stereocenters. The van der Waals surface area contributed by atoms with E-state index in [4.69, 9.17) is 0 Å². The van der Waals surface area contributed by atoms with Gasteiger partial charge in [-0.15, -0.1) is 0 Å². The first-order valence-electron chi connectivity index (χ1n) is 5.75. The second-order valence-electron chi connectivity index (χ2n) is 4.58. The largest absolute Gasteiger partial charge is 0.507 e. The summed E-state index contributed by atoms with van der Waals surface area (Å²) in [5.41, 5.74) is -1.26. The number of carbonyl (C=O) groups excluding carboxylic acids is 1. The second kappa shape index (κ2) is 5.61. The maximum Gasteiger partial charge on any atom is 0.329 e. The lowest BCUT2D eigenvalue weighted by atomic mass is 10.0. The predicted molar refractivity (Wildman–Crippen MR) is 74.2 cm³/mol. The molecule has 0 aliphatic carbocycles. The molecule has 5 nitrogen and oxygen atoms in total. The van der Waals surface area contributed by atoms with Crippen molar-refractivity contribution in [3.05, 3.63) is 28.2 Å². The van der Waals surface area contributed by atoms with E-state index in [0.29, 0.717) is 4.47 Å². The van der Waals surface area contributed by atoms with Gasteiger partial charge in [0, 0.05) is 11.0 Å². The van der Waals surface area contributed by atoms with Crippen molar-refractivity contribution >= 4 is 27.8 Å². The van der Waals surface area contributed by atoms with E-state index in [2.05, 4.69) is 15.9 Å². The molecule has 19 heavy (non-hydrogen) atoms. The number of carboxylic acids is 1. The molecule has 0 fully saturated rings. The fourth-order valence-electron chi connectivity index (χ4n) is 1.74. The molecule has 1 rings (SSSR count). The van der Waals surface area contributed by atoms with Gasteiger partial charge in [-0.3, -0.25) is 4.79 Å². The van der Waals surface area contributed by atoms with E-state index in [-0.39, 0.29) is 17.9 Å². The minimum atomic E-state index is -1.34. The van der Waals surface area contributed by atoms with Crippen molar-refractivity contribution in [2.75, 3.05) is 6.54 Å². The smallest absolute Gasteiger partial charge is 0.329 e. The lowest BCUT2D eigenvalue weighted by Crippen LogP contribution is -2.52. The predicted octanol–water partition coefficient (Wildman–Crippen LogP) is 2.48. The van der Waals surface area contributed by atoms with Gasteiger partial charge >= 0.3 is 5.97 Å². The summed E-state index contributed by atoms with van der Waals surface area (Å²) >= 11 is 3.18. The topological polar surface area (TPSA) is 77.8 Å². The van der Waals surface area contributed by atoms with Crippen LogP contribution >= 0.6 is 15.9 Å². The van der Waals surface area contributed by atoms with Crippen LogP contribution < -0.4 is 0 Å². The molecule has 0 aliphatic heterocycles. The van der Waals surface area contributed by atoms with Crippen molar-refractivity contribution in [3.63, 3.8) is 0 Å². The summed E-state index contributed by atoms with van der Waals surface area (Å²) in [7, 11) is 0. The number of hydrogen-bond acceptors (Lipinski definition) is 3. The first kappa shape index (κ1) is 15.5. The molecule has 1 aromatic carbocycles. The molecule has 0 aliphatic rings. The Morgan fingerprint density at radius 2 is 1.95 bits per heavy atom. The Kier molecular flexibility index (Phi) is 4.57. The van der Waals surface area contributed by atoms with Crippen LogP contribution in [0.1, 0.15) is 31.1 Å². The molecule has 0 saturated carbocycles. The van der Waals surface area contributed by atoms with Gasteiger partial charge < -0.3 is 15.1 Å². The monoisotopic (exact) mass is 329 g/mol. The maximum atomic E-state index is 12.3. The molecule has 0 spiro atoms. The lowest BCUT2D eigenvalue weighted by molar-refractivity contribution is -0.147. The molecule has 1 aromatic rings. The van der Waals surface area contributed by atoms with Gasteiger partial charge in [0.1, 0.15) is 11.3 Å². The number of halogens is 1. The number of carbonyl (C=O) groups is 2. The first-order valence-corrected chi connectivity index (χ1v) is 6.55. The minimum Gasteiger partial charge on any atom is -0.507 e. The molecule has 0 bridgehead atoms. The fraction of sp³-hybridized carbons (Fsp3) is 0.385. The van der Waals surface area contributed by atoms with Gasteiger partial charge in [-0.1, -0.05) is 15.9 Å². The minimum absolute atomic E-state index is 0.0828. The highest BCUT2D eigenvalue weighted by atomic mass is 79.9. The van der Waals surface area contributed by atoms with Crippen molar-refractivity contribution < 1.29 is 19.8 Å². The number of phenolic OH excluding ortho intramolecular Hbond substituents is 1. The number of phenols is 1. The van der Waals surface area contributed by atoms with Crippen LogP contribution in [-0.4, -0.2) is 39.1 Å². The van der Waals surface area contributed by atoms with Gasteiger partial charge in [-0.05, 0) is 39.0 Å². The first-order chi connectivity index (χ1) is 8.71. The summed E-state index contributed by atoms with van der Waals surface area (Å²) in [6.45, 7) is 4.82. The zero-order valence-electron chi connectivity index (χ0n) is 11.0. The Labute approximate surface area is 120 Å². The second-order valence-corrected chi connectivity index (χ2v) is 5.49. The molecule has 0 radical (unpaired) electrons. The van der Waals surface area contributed by atoms with Gasteiger partial charge in [-0.2, -0.15) is 0 Å². The quantitative estimate of drug-likeness (QED) is 0.889. The van der Waals surface area contributed by atoms with Crippen LogP contribution in [0.25, 0.3) is 0 Å². The van der Waals surface area contributed by atoms with E-state index < -0.39 is 17.4 Å². The Hall–Kier alpha value is -1.56. The number of carboxylic acid groups (broad SMARTS) is 1. The normalized spacial score (nSPS) is 11.2. The number of rotatable bonds is 4. The molecule has 2 N–H and O–H groups in total. The van der Waals surface area contributed by atoms with Crippen molar-refractivity contribution in [2.24, 2.45) is 0 Å². The highest BCUT2D eigenvalue weighted by Crippen LogP contribution is 2.26. The summed E-state index contributed by atoms with van der Waals surface area (Å²) in [5.74, 6) is -1.79. The van der Waals surface area contributed by atoms with Gasteiger partial charge in [0.05, 0.1) is 5.56 Å². The maximum absolute atomic E-state index is 12.3. The molecule has 0 saturated heterocycles. The third kappa shape index (κ3) is 3.07. The standard InChI is InChI=1S/C13H16BrNO4/c1-4-15(13(2,3)12(18)19)11(17)9-6-5-8(14)7-10(9)16/h5-7,16H,4H2,1-3H3,(H,18,19). The summed E-state index contributed by atoms with van der Waals surface area (Å²) < 4.78 is 0.641. The SMILES string of the molecule is CCN(C(=O)c1ccc(Br)cc1O)C(C)(C)C(=O)O. The van der Waals surface area contributed by atoms with E-state index in [1.165, 1.54) is 30.9 Å². The van der Waals surface area contributed by atoms with Crippen molar-refractivity contribution in [1.29, 1.82) is 0 Å². The van der Waals surface area contributed by atoms with Crippen LogP contribution in [0.2, 0.25) is 0 Å². The molecule has 104 valence electrons. The third-order valence-electron chi connectivity index (χ3n) is 2.95. The lowest BCUT2D eigenvalue weighted by Gasteiger charge is -2.34. The highest BCUT2D eigenvalue weighted by Gasteiger charge is 2.37. The molecule has 0 atom stereocenters. The van der Waals surface area contributed by atoms with Crippen LogP contribution in [0.15, 0.2) is 22.7 Å². The van der Waals surface area contributed by atoms with Crippen LogP contribution in [0.4, 0.5) is 0 Å². The molecule has 0 heterocycles. The molecule has 1 amide bonds. The van der Waals surface area contributed by atoms with Crippen LogP contribution in [0.3, 0.4) is 0 Å². The Bertz CT molecular complexity index is 513. The molecular formula is C13H16BrNO4. The zero-order chi connectivity index (χ0) is 14.8. The molecule has 6 heteroatoms. The van der Waals surface area contributed by atoms with Gasteiger partial charge in [0.2, 0.25) is 0 Å². The summed E-state index contributed by atoms with van der Waals surface area (Å²) in [4.78, 5) is 24.8. The number of nitrogens with zero attached hydrogens (tertiary/aromatic N) is 1. The van der Waals surface area contributed by atoms with Gasteiger partial charge in [0.25, 0.3) is 5.91 Å². The zero-order valence-corrected chi connectivity index (χ0v) is 12.6. The van der Waals surface area contributed by atoms with Gasteiger partial charge in [0.15, 0.2) is 0 Å². The highest BCUT2D eigenvalue weighted by molar-refractivity contribution is 9.10. The summed E-state index contributed by atoms with van der Waals surface area (Å²) in [6.07, 6.45) is 0. The van der Waals surface area contributed by atoms with Crippen molar-refractivity contribution in [1.82, 2.24) is 4.90 Å². The van der Waals surface area contributed by atoms with E-state index >= 15 is 0 Å². The Morgan fingerprint density at radius 3 is 2.37 bits per heavy atom. The van der Waals surface area contributed by atoms with Crippen LogP contribution in [0.5, 0.6) is 5.75 Å². The Morgan fingerprint density at radius 1 is 1.37 bits per heavy atom. The number of likely N-dealkylation sites (N-methyl/N-ethyl adjacent to an activating group) is 1. The Balaban J connectivity index is 3.19. The molecular weight excluding hydrogens is 314 g/mol.